The predicted molar refractivity (Wildman–Crippen MR) is 68.7 cm³/mol. The molecule has 5 heteroatoms. The topological polar surface area (TPSA) is 93.4 Å². The summed E-state index contributed by atoms with van der Waals surface area (Å²) in [4.78, 5) is 12.1. The lowest BCUT2D eigenvalue weighted by Gasteiger charge is -2.31. The van der Waals surface area contributed by atoms with Crippen LogP contribution in [0.15, 0.2) is 18.2 Å². The van der Waals surface area contributed by atoms with E-state index in [0.717, 1.165) is 19.3 Å². The molecular weight excluding hydrogens is 244 g/mol. The largest absolute Gasteiger partial charge is 0.507 e. The number of aromatic hydroxyl groups is 2. The fourth-order valence-electron chi connectivity index (χ4n) is 2.46. The first kappa shape index (κ1) is 13.2. The molecule has 5 nitrogen and oxygen atoms in total. The molecule has 0 aromatic heterocycles. The molecule has 0 saturated heterocycles. The molecule has 0 aliphatic heterocycles. The number of amides is 1. The van der Waals surface area contributed by atoms with E-state index in [9.17, 15) is 20.3 Å². The van der Waals surface area contributed by atoms with Gasteiger partial charge in [0.2, 0.25) is 0 Å². The van der Waals surface area contributed by atoms with Gasteiger partial charge >= 0.3 is 0 Å². The van der Waals surface area contributed by atoms with E-state index >= 15 is 0 Å². The molecule has 100 valence electrons. The number of carbonyl (C=O) groups is 1. The molecule has 0 spiro atoms. The van der Waals surface area contributed by atoms with Gasteiger partial charge in [0.05, 0.1) is 6.07 Å². The average molecular weight is 260 g/mol. The highest BCUT2D eigenvalue weighted by molar-refractivity contribution is 6.00. The summed E-state index contributed by atoms with van der Waals surface area (Å²) in [6.45, 7) is 0. The fraction of sp³-hybridized carbons (Fsp3) is 0.429. The molecule has 0 radical (unpaired) electrons. The Labute approximate surface area is 111 Å². The minimum absolute atomic E-state index is 0.178. The molecule has 19 heavy (non-hydrogen) atoms. The van der Waals surface area contributed by atoms with Gasteiger partial charge in [0.15, 0.2) is 0 Å². The van der Waals surface area contributed by atoms with Crippen LogP contribution in [-0.4, -0.2) is 21.7 Å². The first-order chi connectivity index (χ1) is 9.08. The van der Waals surface area contributed by atoms with E-state index in [4.69, 9.17) is 0 Å². The van der Waals surface area contributed by atoms with Crippen molar-refractivity contribution >= 4 is 5.91 Å². The normalized spacial score (nSPS) is 17.4. The van der Waals surface area contributed by atoms with Gasteiger partial charge in [-0.1, -0.05) is 25.3 Å². The summed E-state index contributed by atoms with van der Waals surface area (Å²) in [7, 11) is 0. The lowest BCUT2D eigenvalue weighted by atomic mass is 9.82. The van der Waals surface area contributed by atoms with Crippen LogP contribution in [0.1, 0.15) is 42.5 Å². The van der Waals surface area contributed by atoms with Crippen molar-refractivity contribution in [2.45, 2.75) is 37.6 Å². The molecule has 0 unspecified atom stereocenters. The van der Waals surface area contributed by atoms with Gasteiger partial charge in [-0.25, -0.2) is 0 Å². The van der Waals surface area contributed by atoms with Crippen molar-refractivity contribution < 1.29 is 15.0 Å². The van der Waals surface area contributed by atoms with Crippen LogP contribution in [0.4, 0.5) is 0 Å². The van der Waals surface area contributed by atoms with E-state index in [1.165, 1.54) is 18.2 Å². The van der Waals surface area contributed by atoms with Gasteiger partial charge in [0.1, 0.15) is 22.6 Å². The number of hydrogen-bond acceptors (Lipinski definition) is 4. The van der Waals surface area contributed by atoms with Crippen LogP contribution in [0.25, 0.3) is 0 Å². The number of carbonyl (C=O) groups excluding carboxylic acids is 1. The quantitative estimate of drug-likeness (QED) is 0.758. The summed E-state index contributed by atoms with van der Waals surface area (Å²) in [5.74, 6) is -1.19. The Hall–Kier alpha value is -2.22. The SMILES string of the molecule is N#CC1(NC(=O)c2c(O)cccc2O)CCCCC1. The van der Waals surface area contributed by atoms with Gasteiger partial charge < -0.3 is 15.5 Å². The number of nitrogens with one attached hydrogen (secondary N) is 1. The van der Waals surface area contributed by atoms with Crippen molar-refractivity contribution in [1.82, 2.24) is 5.32 Å². The molecule has 0 heterocycles. The van der Waals surface area contributed by atoms with E-state index in [1.807, 2.05) is 0 Å². The maximum absolute atomic E-state index is 12.1. The molecule has 1 aromatic rings. The van der Waals surface area contributed by atoms with Crippen molar-refractivity contribution in [3.63, 3.8) is 0 Å². The Morgan fingerprint density at radius 3 is 2.32 bits per heavy atom. The Balaban J connectivity index is 2.23. The molecule has 1 aromatic carbocycles. The number of benzene rings is 1. The Morgan fingerprint density at radius 1 is 1.21 bits per heavy atom. The van der Waals surface area contributed by atoms with E-state index in [2.05, 4.69) is 11.4 Å². The van der Waals surface area contributed by atoms with Crippen LogP contribution in [0.3, 0.4) is 0 Å². The second-order valence-corrected chi connectivity index (χ2v) is 4.88. The standard InChI is InChI=1S/C14H16N2O3/c15-9-14(7-2-1-3-8-14)16-13(19)12-10(17)5-4-6-11(12)18/h4-6,17-18H,1-3,7-8H2,(H,16,19). The van der Waals surface area contributed by atoms with Gasteiger partial charge in [-0.2, -0.15) is 5.26 Å². The number of rotatable bonds is 2. The molecule has 3 N–H and O–H groups in total. The number of nitriles is 1. The van der Waals surface area contributed by atoms with Crippen LogP contribution in [0.2, 0.25) is 0 Å². The maximum atomic E-state index is 12.1. The zero-order valence-electron chi connectivity index (χ0n) is 10.5. The summed E-state index contributed by atoms with van der Waals surface area (Å²) in [6, 6.07) is 6.26. The maximum Gasteiger partial charge on any atom is 0.260 e. The van der Waals surface area contributed by atoms with Crippen LogP contribution in [0.5, 0.6) is 11.5 Å². The number of hydrogen-bond donors (Lipinski definition) is 3. The molecule has 2 rings (SSSR count). The van der Waals surface area contributed by atoms with Crippen molar-refractivity contribution in [3.8, 4) is 17.6 Å². The van der Waals surface area contributed by atoms with E-state index in [0.29, 0.717) is 12.8 Å². The van der Waals surface area contributed by atoms with E-state index < -0.39 is 11.4 Å². The van der Waals surface area contributed by atoms with Crippen molar-refractivity contribution in [1.29, 1.82) is 5.26 Å². The summed E-state index contributed by atoms with van der Waals surface area (Å²) in [5, 5.41) is 31.2. The number of phenolic OH excluding ortho intramolecular Hbond substituents is 2. The Bertz CT molecular complexity index is 508. The molecule has 0 bridgehead atoms. The second kappa shape index (κ2) is 5.19. The van der Waals surface area contributed by atoms with Crippen molar-refractivity contribution in [2.24, 2.45) is 0 Å². The average Bonchev–Trinajstić information content (AvgIpc) is 2.39. The van der Waals surface area contributed by atoms with E-state index in [-0.39, 0.29) is 17.1 Å². The zero-order valence-corrected chi connectivity index (χ0v) is 10.5. The van der Waals surface area contributed by atoms with Crippen LogP contribution in [0, 0.1) is 11.3 Å². The van der Waals surface area contributed by atoms with Crippen LogP contribution in [-0.2, 0) is 0 Å². The third kappa shape index (κ3) is 2.63. The van der Waals surface area contributed by atoms with E-state index in [1.54, 1.807) is 0 Å². The Morgan fingerprint density at radius 2 is 1.79 bits per heavy atom. The minimum atomic E-state index is -0.885. The third-order valence-corrected chi connectivity index (χ3v) is 3.52. The smallest absolute Gasteiger partial charge is 0.260 e. The summed E-state index contributed by atoms with van der Waals surface area (Å²) < 4.78 is 0. The predicted octanol–water partition coefficient (Wildman–Crippen LogP) is 2.05. The van der Waals surface area contributed by atoms with Gasteiger partial charge in [0.25, 0.3) is 5.91 Å². The molecule has 1 aliphatic rings. The highest BCUT2D eigenvalue weighted by atomic mass is 16.3. The lowest BCUT2D eigenvalue weighted by Crippen LogP contribution is -2.48. The van der Waals surface area contributed by atoms with Crippen LogP contribution < -0.4 is 5.32 Å². The first-order valence-corrected chi connectivity index (χ1v) is 6.33. The van der Waals surface area contributed by atoms with Gasteiger partial charge in [-0.3, -0.25) is 4.79 Å². The summed E-state index contributed by atoms with van der Waals surface area (Å²) in [5.41, 5.74) is -1.06. The van der Waals surface area contributed by atoms with Gasteiger partial charge in [0, 0.05) is 0 Å². The Kier molecular flexibility index (Phi) is 3.61. The second-order valence-electron chi connectivity index (χ2n) is 4.88. The molecule has 1 amide bonds. The molecule has 1 aliphatic carbocycles. The van der Waals surface area contributed by atoms with Crippen molar-refractivity contribution in [3.05, 3.63) is 23.8 Å². The number of nitrogens with zero attached hydrogens (tertiary/aromatic N) is 1. The molecule has 0 atom stereocenters. The molecule has 1 saturated carbocycles. The van der Waals surface area contributed by atoms with Crippen molar-refractivity contribution in [2.75, 3.05) is 0 Å². The third-order valence-electron chi connectivity index (χ3n) is 3.52. The first-order valence-electron chi connectivity index (χ1n) is 6.33. The van der Waals surface area contributed by atoms with Gasteiger partial charge in [-0.15, -0.1) is 0 Å². The number of phenols is 2. The highest BCUT2D eigenvalue weighted by Crippen LogP contribution is 2.30. The monoisotopic (exact) mass is 260 g/mol. The lowest BCUT2D eigenvalue weighted by molar-refractivity contribution is 0.0897. The summed E-state index contributed by atoms with van der Waals surface area (Å²) in [6.07, 6.45) is 4.04. The fourth-order valence-corrected chi connectivity index (χ4v) is 2.46. The summed E-state index contributed by atoms with van der Waals surface area (Å²) >= 11 is 0. The van der Waals surface area contributed by atoms with Gasteiger partial charge in [-0.05, 0) is 25.0 Å². The minimum Gasteiger partial charge on any atom is -0.507 e. The van der Waals surface area contributed by atoms with Crippen LogP contribution >= 0.6 is 0 Å². The molecular formula is C14H16N2O3. The zero-order chi connectivity index (χ0) is 13.9. The molecule has 1 fully saturated rings. The highest BCUT2D eigenvalue weighted by Gasteiger charge is 2.34.